The quantitative estimate of drug-likeness (QED) is 0.486. The fourth-order valence-corrected chi connectivity index (χ4v) is 3.17. The topological polar surface area (TPSA) is 46.5 Å². The molecule has 0 unspecified atom stereocenters. The van der Waals surface area contributed by atoms with Crippen molar-refractivity contribution in [3.63, 3.8) is 0 Å². The molecule has 0 saturated carbocycles. The van der Waals surface area contributed by atoms with Gasteiger partial charge in [0.25, 0.3) is 0 Å². The average Bonchev–Trinajstić information content (AvgIpc) is 3.07. The maximum atomic E-state index is 13.3. The normalized spacial score (nSPS) is 11.7. The molecule has 0 aliphatic carbocycles. The van der Waals surface area contributed by atoms with E-state index in [1.807, 2.05) is 0 Å². The molecule has 2 aromatic carbocycles. The second kappa shape index (κ2) is 7.57. The molecule has 1 aromatic heterocycles. The molecule has 3 aromatic rings. The second-order valence-electron chi connectivity index (χ2n) is 5.21. The first kappa shape index (κ1) is 17.9. The van der Waals surface area contributed by atoms with Crippen molar-refractivity contribution in [3.8, 4) is 16.2 Å². The lowest BCUT2D eigenvalue weighted by Gasteiger charge is -2.05. The van der Waals surface area contributed by atoms with E-state index in [2.05, 4.69) is 15.5 Å². The van der Waals surface area contributed by atoms with E-state index in [1.54, 1.807) is 61.7 Å². The molecule has 1 heterocycles. The lowest BCUT2D eigenvalue weighted by atomic mass is 10.1. The summed E-state index contributed by atoms with van der Waals surface area (Å²) in [4.78, 5) is 3.72. The summed E-state index contributed by atoms with van der Waals surface area (Å²) in [5.74, 6) is 0.661. The number of alkyl halides is 3. The van der Waals surface area contributed by atoms with Crippen LogP contribution < -0.4 is 10.2 Å². The second-order valence-corrected chi connectivity index (χ2v) is 6.21. The fraction of sp³-hybridized carbons (Fsp3) is 0.111. The molecule has 0 aliphatic rings. The number of anilines is 1. The van der Waals surface area contributed by atoms with E-state index in [0.29, 0.717) is 11.3 Å². The third kappa shape index (κ3) is 4.20. The number of hydrogen-bond donors (Lipinski definition) is 1. The van der Waals surface area contributed by atoms with Gasteiger partial charge in [0.05, 0.1) is 18.2 Å². The molecule has 0 aliphatic heterocycles. The van der Waals surface area contributed by atoms with Crippen molar-refractivity contribution in [2.45, 2.75) is 6.18 Å². The van der Waals surface area contributed by atoms with Crippen molar-refractivity contribution >= 4 is 22.7 Å². The van der Waals surface area contributed by atoms with Crippen LogP contribution in [0.2, 0.25) is 0 Å². The number of aromatic nitrogens is 1. The van der Waals surface area contributed by atoms with Gasteiger partial charge in [-0.3, -0.25) is 5.43 Å². The van der Waals surface area contributed by atoms with Gasteiger partial charge in [0.2, 0.25) is 5.13 Å². The van der Waals surface area contributed by atoms with Crippen LogP contribution >= 0.6 is 11.3 Å². The van der Waals surface area contributed by atoms with E-state index in [0.717, 1.165) is 16.9 Å². The monoisotopic (exact) mass is 377 g/mol. The predicted octanol–water partition coefficient (Wildman–Crippen LogP) is 5.28. The van der Waals surface area contributed by atoms with Gasteiger partial charge >= 0.3 is 6.18 Å². The Morgan fingerprint density at radius 1 is 1.12 bits per heavy atom. The molecular weight excluding hydrogens is 363 g/mol. The number of nitrogens with zero attached hydrogens (tertiary/aromatic N) is 2. The number of methoxy groups -OCH3 is 1. The van der Waals surface area contributed by atoms with Crippen LogP contribution in [0.15, 0.2) is 59.7 Å². The number of hydrogen-bond acceptors (Lipinski definition) is 5. The largest absolute Gasteiger partial charge is 0.497 e. The molecule has 8 heteroatoms. The van der Waals surface area contributed by atoms with E-state index in [-0.39, 0.29) is 10.0 Å². The summed E-state index contributed by atoms with van der Waals surface area (Å²) in [5.41, 5.74) is 2.85. The maximum Gasteiger partial charge on any atom is 0.434 e. The number of benzene rings is 2. The van der Waals surface area contributed by atoms with Crippen LogP contribution in [0.25, 0.3) is 10.4 Å². The summed E-state index contributed by atoms with van der Waals surface area (Å²) < 4.78 is 45.0. The molecule has 1 N–H and O–H groups in total. The van der Waals surface area contributed by atoms with Crippen molar-refractivity contribution in [1.29, 1.82) is 0 Å². The van der Waals surface area contributed by atoms with Crippen LogP contribution in [0.5, 0.6) is 5.75 Å². The fourth-order valence-electron chi connectivity index (χ4n) is 2.23. The number of thiazole rings is 1. The molecule has 0 atom stereocenters. The van der Waals surface area contributed by atoms with Crippen LogP contribution in [0.3, 0.4) is 0 Å². The summed E-state index contributed by atoms with van der Waals surface area (Å²) in [6.07, 6.45) is -3.06. The molecule has 0 saturated heterocycles. The van der Waals surface area contributed by atoms with Crippen molar-refractivity contribution in [1.82, 2.24) is 4.98 Å². The van der Waals surface area contributed by atoms with Gasteiger partial charge in [0.1, 0.15) is 5.75 Å². The maximum absolute atomic E-state index is 13.3. The molecule has 4 nitrogen and oxygen atoms in total. The zero-order chi connectivity index (χ0) is 18.6. The van der Waals surface area contributed by atoms with Gasteiger partial charge in [-0.05, 0) is 23.3 Å². The van der Waals surface area contributed by atoms with E-state index >= 15 is 0 Å². The first-order chi connectivity index (χ1) is 12.5. The summed E-state index contributed by atoms with van der Waals surface area (Å²) in [7, 11) is 1.55. The Bertz CT molecular complexity index is 908. The van der Waals surface area contributed by atoms with Gasteiger partial charge in [-0.25, -0.2) is 4.98 Å². The molecule has 134 valence electrons. The zero-order valence-electron chi connectivity index (χ0n) is 13.6. The summed E-state index contributed by atoms with van der Waals surface area (Å²) >= 11 is 0.902. The lowest BCUT2D eigenvalue weighted by Crippen LogP contribution is -2.07. The minimum Gasteiger partial charge on any atom is -0.497 e. The first-order valence-corrected chi connectivity index (χ1v) is 8.35. The molecule has 26 heavy (non-hydrogen) atoms. The lowest BCUT2D eigenvalue weighted by molar-refractivity contribution is -0.140. The van der Waals surface area contributed by atoms with Crippen LogP contribution in [0.4, 0.5) is 18.3 Å². The van der Waals surface area contributed by atoms with Gasteiger partial charge < -0.3 is 4.74 Å². The van der Waals surface area contributed by atoms with Gasteiger partial charge in [0, 0.05) is 0 Å². The van der Waals surface area contributed by atoms with Gasteiger partial charge in [-0.2, -0.15) is 18.3 Å². The summed E-state index contributed by atoms with van der Waals surface area (Å²) in [6, 6.07) is 15.5. The Morgan fingerprint density at radius 3 is 2.58 bits per heavy atom. The minimum absolute atomic E-state index is 0.0529. The highest BCUT2D eigenvalue weighted by Crippen LogP contribution is 2.41. The molecular formula is C18H14F3N3OS. The van der Waals surface area contributed by atoms with E-state index in [4.69, 9.17) is 4.74 Å². The highest BCUT2D eigenvalue weighted by molar-refractivity contribution is 7.19. The smallest absolute Gasteiger partial charge is 0.434 e. The standard InChI is InChI=1S/C18H14F3N3OS/c1-25-14-9-5-6-12(10-14)11-22-24-17-23-16(18(19,20)21)15(26-17)13-7-3-2-4-8-13/h2-11H,1H3,(H,23,24)/b22-11-. The van der Waals surface area contributed by atoms with Crippen molar-refractivity contribution in [2.75, 3.05) is 12.5 Å². The highest BCUT2D eigenvalue weighted by Gasteiger charge is 2.37. The third-order valence-corrected chi connectivity index (χ3v) is 4.41. The molecule has 0 amide bonds. The minimum atomic E-state index is -4.54. The van der Waals surface area contributed by atoms with Crippen LogP contribution in [-0.4, -0.2) is 18.3 Å². The highest BCUT2D eigenvalue weighted by atomic mass is 32.1. The summed E-state index contributed by atoms with van der Waals surface area (Å²) in [6.45, 7) is 0. The number of nitrogens with one attached hydrogen (secondary N) is 1. The summed E-state index contributed by atoms with van der Waals surface area (Å²) in [5, 5.41) is 4.03. The number of halogens is 3. The van der Waals surface area contributed by atoms with Gasteiger partial charge in [0.15, 0.2) is 5.69 Å². The Balaban J connectivity index is 1.84. The van der Waals surface area contributed by atoms with E-state index in [1.165, 1.54) is 6.21 Å². The van der Waals surface area contributed by atoms with Crippen molar-refractivity contribution in [2.24, 2.45) is 5.10 Å². The Kier molecular flexibility index (Phi) is 5.22. The molecule has 0 radical (unpaired) electrons. The Morgan fingerprint density at radius 2 is 1.88 bits per heavy atom. The molecule has 0 fully saturated rings. The molecule has 0 bridgehead atoms. The SMILES string of the molecule is COc1cccc(/C=N\Nc2nc(C(F)(F)F)c(-c3ccccc3)s2)c1. The van der Waals surface area contributed by atoms with E-state index < -0.39 is 11.9 Å². The van der Waals surface area contributed by atoms with Crippen molar-refractivity contribution in [3.05, 3.63) is 65.9 Å². The number of ether oxygens (including phenoxy) is 1. The predicted molar refractivity (Wildman–Crippen MR) is 96.8 cm³/mol. The van der Waals surface area contributed by atoms with Gasteiger partial charge in [-0.15, -0.1) is 0 Å². The first-order valence-electron chi connectivity index (χ1n) is 7.54. The average molecular weight is 377 g/mol. The van der Waals surface area contributed by atoms with Crippen LogP contribution in [-0.2, 0) is 6.18 Å². The van der Waals surface area contributed by atoms with Crippen LogP contribution in [0.1, 0.15) is 11.3 Å². The van der Waals surface area contributed by atoms with E-state index in [9.17, 15) is 13.2 Å². The molecule has 3 rings (SSSR count). The van der Waals surface area contributed by atoms with Crippen molar-refractivity contribution < 1.29 is 17.9 Å². The number of hydrazone groups is 1. The Labute approximate surface area is 152 Å². The number of rotatable bonds is 5. The zero-order valence-corrected chi connectivity index (χ0v) is 14.4. The van der Waals surface area contributed by atoms with Gasteiger partial charge in [-0.1, -0.05) is 53.8 Å². The Hall–Kier alpha value is -2.87. The molecule has 0 spiro atoms. The third-order valence-electron chi connectivity index (χ3n) is 3.40. The van der Waals surface area contributed by atoms with Crippen LogP contribution in [0, 0.1) is 0 Å².